The molecule has 0 radical (unpaired) electrons. The SMILES string of the molecule is O=C(NCC(F)(F)F)C1CCCN1C(=O)NCCOc1ccc(F)cc1. The van der Waals surface area contributed by atoms with Crippen LogP contribution in [0.4, 0.5) is 22.4 Å². The summed E-state index contributed by atoms with van der Waals surface area (Å²) in [4.78, 5) is 25.2. The fourth-order valence-corrected chi connectivity index (χ4v) is 2.55. The Kier molecular flexibility index (Phi) is 6.64. The number of hydrogen-bond acceptors (Lipinski definition) is 3. The number of nitrogens with zero attached hydrogens (tertiary/aromatic N) is 1. The lowest BCUT2D eigenvalue weighted by Crippen LogP contribution is -2.51. The Labute approximate surface area is 147 Å². The molecule has 1 saturated heterocycles. The molecule has 1 heterocycles. The Bertz CT molecular complexity index is 622. The van der Waals surface area contributed by atoms with Crippen LogP contribution >= 0.6 is 0 Å². The highest BCUT2D eigenvalue weighted by molar-refractivity contribution is 5.87. The molecule has 1 aliphatic heterocycles. The van der Waals surface area contributed by atoms with Gasteiger partial charge in [-0.1, -0.05) is 0 Å². The van der Waals surface area contributed by atoms with E-state index in [0.29, 0.717) is 18.6 Å². The predicted octanol–water partition coefficient (Wildman–Crippen LogP) is 2.06. The zero-order chi connectivity index (χ0) is 19.2. The molecular weight excluding hydrogens is 358 g/mol. The van der Waals surface area contributed by atoms with Gasteiger partial charge in [0.1, 0.15) is 30.8 Å². The fourth-order valence-electron chi connectivity index (χ4n) is 2.55. The lowest BCUT2D eigenvalue weighted by Gasteiger charge is -2.24. The van der Waals surface area contributed by atoms with Crippen molar-refractivity contribution in [3.05, 3.63) is 30.1 Å². The van der Waals surface area contributed by atoms with E-state index in [4.69, 9.17) is 4.74 Å². The molecule has 1 aromatic rings. The first-order valence-corrected chi connectivity index (χ1v) is 8.03. The van der Waals surface area contributed by atoms with Gasteiger partial charge in [-0.25, -0.2) is 9.18 Å². The normalized spacial score (nSPS) is 17.1. The van der Waals surface area contributed by atoms with E-state index in [-0.39, 0.29) is 19.7 Å². The number of amides is 3. The molecule has 2 rings (SSSR count). The van der Waals surface area contributed by atoms with E-state index >= 15 is 0 Å². The van der Waals surface area contributed by atoms with Crippen LogP contribution in [0.1, 0.15) is 12.8 Å². The van der Waals surface area contributed by atoms with Gasteiger partial charge in [-0.05, 0) is 37.1 Å². The van der Waals surface area contributed by atoms with Crippen LogP contribution in [0.3, 0.4) is 0 Å². The number of benzene rings is 1. The average molecular weight is 377 g/mol. The molecule has 0 aliphatic carbocycles. The molecule has 3 amide bonds. The van der Waals surface area contributed by atoms with Crippen LogP contribution in [0.25, 0.3) is 0 Å². The molecule has 2 N–H and O–H groups in total. The second kappa shape index (κ2) is 8.72. The van der Waals surface area contributed by atoms with Crippen molar-refractivity contribution in [3.63, 3.8) is 0 Å². The summed E-state index contributed by atoms with van der Waals surface area (Å²) in [6.07, 6.45) is -3.66. The number of likely N-dealkylation sites (tertiary alicyclic amines) is 1. The van der Waals surface area contributed by atoms with Gasteiger partial charge in [0, 0.05) is 6.54 Å². The highest BCUT2D eigenvalue weighted by Crippen LogP contribution is 2.18. The van der Waals surface area contributed by atoms with Gasteiger partial charge in [-0.3, -0.25) is 4.79 Å². The van der Waals surface area contributed by atoms with Crippen molar-refractivity contribution in [2.75, 3.05) is 26.2 Å². The summed E-state index contributed by atoms with van der Waals surface area (Å²) in [5, 5.41) is 4.35. The van der Waals surface area contributed by atoms with Crippen molar-refractivity contribution in [1.82, 2.24) is 15.5 Å². The highest BCUT2D eigenvalue weighted by atomic mass is 19.4. The molecule has 1 atom stereocenters. The molecule has 144 valence electrons. The maximum atomic E-state index is 12.8. The smallest absolute Gasteiger partial charge is 0.405 e. The van der Waals surface area contributed by atoms with Crippen molar-refractivity contribution < 1.29 is 31.9 Å². The van der Waals surface area contributed by atoms with Gasteiger partial charge in [0.2, 0.25) is 5.91 Å². The largest absolute Gasteiger partial charge is 0.492 e. The van der Waals surface area contributed by atoms with Gasteiger partial charge >= 0.3 is 12.2 Å². The van der Waals surface area contributed by atoms with E-state index in [2.05, 4.69) is 5.32 Å². The van der Waals surface area contributed by atoms with Gasteiger partial charge in [0.05, 0.1) is 6.54 Å². The summed E-state index contributed by atoms with van der Waals surface area (Å²) in [5.41, 5.74) is 0. The minimum Gasteiger partial charge on any atom is -0.492 e. The van der Waals surface area contributed by atoms with Gasteiger partial charge in [0.15, 0.2) is 0 Å². The average Bonchev–Trinajstić information content (AvgIpc) is 3.07. The Morgan fingerprint density at radius 1 is 1.19 bits per heavy atom. The van der Waals surface area contributed by atoms with Crippen molar-refractivity contribution in [2.24, 2.45) is 0 Å². The molecule has 10 heteroatoms. The molecule has 6 nitrogen and oxygen atoms in total. The standard InChI is InChI=1S/C16H19F4N3O3/c17-11-3-5-12(6-4-11)26-9-7-21-15(25)23-8-1-2-13(23)14(24)22-10-16(18,19)20/h3-6,13H,1-2,7-10H2,(H,21,25)(H,22,24). The second-order valence-electron chi connectivity index (χ2n) is 5.72. The lowest BCUT2D eigenvalue weighted by molar-refractivity contribution is -0.140. The summed E-state index contributed by atoms with van der Waals surface area (Å²) < 4.78 is 54.6. The summed E-state index contributed by atoms with van der Waals surface area (Å²) in [6.45, 7) is -0.891. The molecule has 0 bridgehead atoms. The van der Waals surface area contributed by atoms with Crippen LogP contribution in [0.5, 0.6) is 5.75 Å². The van der Waals surface area contributed by atoms with Crippen molar-refractivity contribution in [3.8, 4) is 5.75 Å². The topological polar surface area (TPSA) is 70.7 Å². The van der Waals surface area contributed by atoms with E-state index < -0.39 is 36.5 Å². The molecule has 1 aromatic carbocycles. The number of nitrogens with one attached hydrogen (secondary N) is 2. The monoisotopic (exact) mass is 377 g/mol. The second-order valence-corrected chi connectivity index (χ2v) is 5.72. The van der Waals surface area contributed by atoms with E-state index in [0.717, 1.165) is 0 Å². The summed E-state index contributed by atoms with van der Waals surface area (Å²) in [7, 11) is 0. The van der Waals surface area contributed by atoms with Crippen molar-refractivity contribution >= 4 is 11.9 Å². The number of carbonyl (C=O) groups is 2. The first kappa shape index (κ1) is 19.8. The van der Waals surface area contributed by atoms with Crippen LogP contribution in [0.15, 0.2) is 24.3 Å². The summed E-state index contributed by atoms with van der Waals surface area (Å²) in [6, 6.07) is 3.90. The van der Waals surface area contributed by atoms with Crippen LogP contribution < -0.4 is 15.4 Å². The maximum Gasteiger partial charge on any atom is 0.405 e. The van der Waals surface area contributed by atoms with Gasteiger partial charge in [0.25, 0.3) is 0 Å². The number of carbonyl (C=O) groups excluding carboxylic acids is 2. The van der Waals surface area contributed by atoms with E-state index in [1.54, 1.807) is 5.32 Å². The molecule has 26 heavy (non-hydrogen) atoms. The van der Waals surface area contributed by atoms with Crippen LogP contribution in [0.2, 0.25) is 0 Å². The Hall–Kier alpha value is -2.52. The molecule has 0 spiro atoms. The van der Waals surface area contributed by atoms with Crippen molar-refractivity contribution in [1.29, 1.82) is 0 Å². The van der Waals surface area contributed by atoms with Gasteiger partial charge in [-0.15, -0.1) is 0 Å². The van der Waals surface area contributed by atoms with E-state index in [1.165, 1.54) is 29.2 Å². The van der Waals surface area contributed by atoms with E-state index in [9.17, 15) is 27.2 Å². The predicted molar refractivity (Wildman–Crippen MR) is 84.1 cm³/mol. The molecule has 0 aromatic heterocycles. The summed E-state index contributed by atoms with van der Waals surface area (Å²) in [5.74, 6) is -0.779. The minimum absolute atomic E-state index is 0.121. The van der Waals surface area contributed by atoms with Gasteiger partial charge < -0.3 is 20.3 Å². The number of halogens is 4. The molecule has 0 saturated carbocycles. The number of alkyl halides is 3. The lowest BCUT2D eigenvalue weighted by atomic mass is 10.2. The Balaban J connectivity index is 1.74. The zero-order valence-electron chi connectivity index (χ0n) is 13.8. The quantitative estimate of drug-likeness (QED) is 0.589. The Morgan fingerprint density at radius 2 is 1.88 bits per heavy atom. The van der Waals surface area contributed by atoms with Gasteiger partial charge in [-0.2, -0.15) is 13.2 Å². The molecule has 1 fully saturated rings. The number of rotatable bonds is 6. The highest BCUT2D eigenvalue weighted by Gasteiger charge is 2.36. The molecule has 1 unspecified atom stereocenters. The number of urea groups is 1. The number of ether oxygens (including phenoxy) is 1. The van der Waals surface area contributed by atoms with Crippen LogP contribution in [-0.2, 0) is 4.79 Å². The molecular formula is C16H19F4N3O3. The summed E-state index contributed by atoms with van der Waals surface area (Å²) >= 11 is 0. The third kappa shape index (κ3) is 6.08. The Morgan fingerprint density at radius 3 is 2.54 bits per heavy atom. The number of hydrogen-bond donors (Lipinski definition) is 2. The third-order valence-corrected chi connectivity index (χ3v) is 3.74. The minimum atomic E-state index is -4.50. The first-order valence-electron chi connectivity index (χ1n) is 8.03. The molecule has 1 aliphatic rings. The van der Waals surface area contributed by atoms with Crippen LogP contribution in [0, 0.1) is 5.82 Å². The van der Waals surface area contributed by atoms with E-state index in [1.807, 2.05) is 0 Å². The maximum absolute atomic E-state index is 12.8. The van der Waals surface area contributed by atoms with Crippen molar-refractivity contribution in [2.45, 2.75) is 25.1 Å². The zero-order valence-corrected chi connectivity index (χ0v) is 13.8. The fraction of sp³-hybridized carbons (Fsp3) is 0.500. The third-order valence-electron chi connectivity index (χ3n) is 3.74. The first-order chi connectivity index (χ1) is 12.3. The van der Waals surface area contributed by atoms with Crippen LogP contribution in [-0.4, -0.2) is 55.3 Å².